The van der Waals surface area contributed by atoms with Crippen molar-refractivity contribution in [2.75, 3.05) is 18.0 Å². The number of rotatable bonds is 2. The zero-order valence-electron chi connectivity index (χ0n) is 9.07. The molecule has 1 atom stereocenters. The van der Waals surface area contributed by atoms with E-state index in [9.17, 15) is 8.42 Å². The summed E-state index contributed by atoms with van der Waals surface area (Å²) in [6, 6.07) is 5.35. The number of aromatic nitrogens is 1. The molecule has 1 aliphatic heterocycles. The minimum atomic E-state index is -3.48. The SMILES string of the molecule is N#Cc1cc(N2CCC(S(N)(=O)=O)C2)ccn1. The summed E-state index contributed by atoms with van der Waals surface area (Å²) in [5.41, 5.74) is 1.13. The average Bonchev–Trinajstić information content (AvgIpc) is 2.78. The number of primary sulfonamides is 1. The van der Waals surface area contributed by atoms with Crippen molar-refractivity contribution < 1.29 is 8.42 Å². The lowest BCUT2D eigenvalue weighted by molar-refractivity contribution is 0.585. The van der Waals surface area contributed by atoms with E-state index >= 15 is 0 Å². The summed E-state index contributed by atoms with van der Waals surface area (Å²) >= 11 is 0. The van der Waals surface area contributed by atoms with Gasteiger partial charge < -0.3 is 4.90 Å². The Morgan fingerprint density at radius 1 is 1.59 bits per heavy atom. The first-order valence-electron chi connectivity index (χ1n) is 5.13. The summed E-state index contributed by atoms with van der Waals surface area (Å²) in [5, 5.41) is 13.3. The maximum Gasteiger partial charge on any atom is 0.213 e. The maximum atomic E-state index is 11.2. The van der Waals surface area contributed by atoms with Crippen molar-refractivity contribution in [3.63, 3.8) is 0 Å². The molecule has 1 fully saturated rings. The minimum absolute atomic E-state index is 0.321. The fourth-order valence-corrected chi connectivity index (χ4v) is 2.73. The lowest BCUT2D eigenvalue weighted by atomic mass is 10.3. The molecular formula is C10H12N4O2S. The first-order chi connectivity index (χ1) is 8.00. The van der Waals surface area contributed by atoms with E-state index < -0.39 is 15.3 Å². The molecular weight excluding hydrogens is 240 g/mol. The van der Waals surface area contributed by atoms with Gasteiger partial charge in [-0.05, 0) is 18.6 Å². The van der Waals surface area contributed by atoms with Crippen LogP contribution in [-0.4, -0.2) is 31.7 Å². The molecule has 2 N–H and O–H groups in total. The molecule has 0 aromatic carbocycles. The molecule has 7 heteroatoms. The zero-order chi connectivity index (χ0) is 12.5. The van der Waals surface area contributed by atoms with Crippen molar-refractivity contribution in [1.29, 1.82) is 5.26 Å². The van der Waals surface area contributed by atoms with E-state index in [-0.39, 0.29) is 0 Å². The highest BCUT2D eigenvalue weighted by atomic mass is 32.2. The highest BCUT2D eigenvalue weighted by molar-refractivity contribution is 7.89. The van der Waals surface area contributed by atoms with Crippen LogP contribution in [0.15, 0.2) is 18.3 Å². The second-order valence-corrected chi connectivity index (χ2v) is 5.80. The molecule has 0 radical (unpaired) electrons. The second-order valence-electron chi connectivity index (χ2n) is 3.96. The molecule has 0 saturated carbocycles. The molecule has 2 heterocycles. The zero-order valence-corrected chi connectivity index (χ0v) is 9.89. The Morgan fingerprint density at radius 2 is 2.35 bits per heavy atom. The Morgan fingerprint density at radius 3 is 2.94 bits per heavy atom. The third-order valence-corrected chi connectivity index (χ3v) is 4.15. The van der Waals surface area contributed by atoms with Crippen LogP contribution >= 0.6 is 0 Å². The van der Waals surface area contributed by atoms with E-state index in [0.717, 1.165) is 5.69 Å². The summed E-state index contributed by atoms with van der Waals surface area (Å²) in [4.78, 5) is 5.77. The van der Waals surface area contributed by atoms with Gasteiger partial charge in [-0.15, -0.1) is 0 Å². The molecule has 90 valence electrons. The van der Waals surface area contributed by atoms with Crippen LogP contribution in [-0.2, 0) is 10.0 Å². The van der Waals surface area contributed by atoms with E-state index in [1.807, 2.05) is 11.0 Å². The van der Waals surface area contributed by atoms with Crippen molar-refractivity contribution >= 4 is 15.7 Å². The third-order valence-electron chi connectivity index (χ3n) is 2.83. The summed E-state index contributed by atoms with van der Waals surface area (Å²) in [7, 11) is -3.48. The predicted octanol–water partition coefficient (Wildman–Crippen LogP) is -0.180. The number of nitrogens with two attached hydrogens (primary N) is 1. The molecule has 2 rings (SSSR count). The standard InChI is InChI=1S/C10H12N4O2S/c11-6-8-5-9(1-3-13-8)14-4-2-10(7-14)17(12,15)16/h1,3,5,10H,2,4,7H2,(H2,12,15,16). The van der Waals surface area contributed by atoms with Crippen LogP contribution < -0.4 is 10.0 Å². The summed E-state index contributed by atoms with van der Waals surface area (Å²) in [6.45, 7) is 0.990. The van der Waals surface area contributed by atoms with E-state index in [4.69, 9.17) is 10.4 Å². The van der Waals surface area contributed by atoms with Gasteiger partial charge in [0.1, 0.15) is 11.8 Å². The monoisotopic (exact) mass is 252 g/mol. The normalized spacial score (nSPS) is 20.2. The highest BCUT2D eigenvalue weighted by Crippen LogP contribution is 2.22. The lowest BCUT2D eigenvalue weighted by Gasteiger charge is -2.17. The van der Waals surface area contributed by atoms with Crippen molar-refractivity contribution in [1.82, 2.24) is 4.98 Å². The molecule has 0 aliphatic carbocycles. The van der Waals surface area contributed by atoms with Crippen molar-refractivity contribution in [3.8, 4) is 6.07 Å². The molecule has 1 aromatic heterocycles. The third kappa shape index (κ3) is 2.54. The molecule has 6 nitrogen and oxygen atoms in total. The van der Waals surface area contributed by atoms with E-state index in [0.29, 0.717) is 25.2 Å². The molecule has 0 spiro atoms. The predicted molar refractivity (Wildman–Crippen MR) is 62.7 cm³/mol. The number of anilines is 1. The Kier molecular flexibility index (Phi) is 3.00. The Labute approximate surface area is 99.7 Å². The van der Waals surface area contributed by atoms with Gasteiger partial charge >= 0.3 is 0 Å². The Hall–Kier alpha value is -1.65. The van der Waals surface area contributed by atoms with Gasteiger partial charge in [-0.2, -0.15) is 5.26 Å². The van der Waals surface area contributed by atoms with Gasteiger partial charge in [-0.3, -0.25) is 0 Å². The van der Waals surface area contributed by atoms with Crippen LogP contribution in [0, 0.1) is 11.3 Å². The number of hydrogen-bond donors (Lipinski definition) is 1. The van der Waals surface area contributed by atoms with Gasteiger partial charge in [-0.1, -0.05) is 0 Å². The smallest absolute Gasteiger partial charge is 0.213 e. The quantitative estimate of drug-likeness (QED) is 0.787. The van der Waals surface area contributed by atoms with Crippen LogP contribution in [0.4, 0.5) is 5.69 Å². The maximum absolute atomic E-state index is 11.2. The van der Waals surface area contributed by atoms with Crippen molar-refractivity contribution in [2.45, 2.75) is 11.7 Å². The molecule has 0 bridgehead atoms. The fraction of sp³-hybridized carbons (Fsp3) is 0.400. The summed E-state index contributed by atoms with van der Waals surface area (Å²) in [5.74, 6) is 0. The fourth-order valence-electron chi connectivity index (χ4n) is 1.91. The van der Waals surface area contributed by atoms with E-state index in [2.05, 4.69) is 4.98 Å². The van der Waals surface area contributed by atoms with Gasteiger partial charge in [0, 0.05) is 25.0 Å². The number of nitriles is 1. The number of pyridine rings is 1. The summed E-state index contributed by atoms with van der Waals surface area (Å²) < 4.78 is 22.4. The van der Waals surface area contributed by atoms with E-state index in [1.54, 1.807) is 12.1 Å². The Balaban J connectivity index is 2.18. The molecule has 0 amide bonds. The average molecular weight is 252 g/mol. The van der Waals surface area contributed by atoms with Gasteiger partial charge in [0.15, 0.2) is 0 Å². The largest absolute Gasteiger partial charge is 0.370 e. The van der Waals surface area contributed by atoms with Gasteiger partial charge in [0.2, 0.25) is 10.0 Å². The molecule has 17 heavy (non-hydrogen) atoms. The van der Waals surface area contributed by atoms with Crippen LogP contribution in [0.5, 0.6) is 0 Å². The van der Waals surface area contributed by atoms with Gasteiger partial charge in [-0.25, -0.2) is 18.5 Å². The Bertz CT molecular complexity index is 564. The molecule has 1 unspecified atom stereocenters. The number of sulfonamides is 1. The molecule has 1 aliphatic rings. The number of nitrogens with zero attached hydrogens (tertiary/aromatic N) is 3. The van der Waals surface area contributed by atoms with Gasteiger partial charge in [0.05, 0.1) is 5.25 Å². The lowest BCUT2D eigenvalue weighted by Crippen LogP contribution is -2.31. The van der Waals surface area contributed by atoms with Gasteiger partial charge in [0.25, 0.3) is 0 Å². The van der Waals surface area contributed by atoms with Crippen molar-refractivity contribution in [2.24, 2.45) is 5.14 Å². The van der Waals surface area contributed by atoms with Crippen LogP contribution in [0.1, 0.15) is 12.1 Å². The molecule has 1 aromatic rings. The topological polar surface area (TPSA) is 100 Å². The second kappa shape index (κ2) is 4.31. The van der Waals surface area contributed by atoms with Crippen LogP contribution in [0.3, 0.4) is 0 Å². The first kappa shape index (κ1) is 11.8. The van der Waals surface area contributed by atoms with Crippen LogP contribution in [0.25, 0.3) is 0 Å². The van der Waals surface area contributed by atoms with E-state index in [1.165, 1.54) is 6.20 Å². The molecule has 1 saturated heterocycles. The number of hydrogen-bond acceptors (Lipinski definition) is 5. The minimum Gasteiger partial charge on any atom is -0.370 e. The summed E-state index contributed by atoms with van der Waals surface area (Å²) in [6.07, 6.45) is 2.06. The highest BCUT2D eigenvalue weighted by Gasteiger charge is 2.30. The van der Waals surface area contributed by atoms with Crippen molar-refractivity contribution in [3.05, 3.63) is 24.0 Å². The first-order valence-corrected chi connectivity index (χ1v) is 6.74. The van der Waals surface area contributed by atoms with Crippen LogP contribution in [0.2, 0.25) is 0 Å².